The van der Waals surface area contributed by atoms with Gasteiger partial charge in [0.2, 0.25) is 0 Å². The number of hydrogen-bond acceptors (Lipinski definition) is 4. The zero-order valence-electron chi connectivity index (χ0n) is 14.1. The van der Waals surface area contributed by atoms with Gasteiger partial charge in [-0.2, -0.15) is 0 Å². The molecule has 2 heterocycles. The average Bonchev–Trinajstić information content (AvgIpc) is 2.99. The van der Waals surface area contributed by atoms with E-state index in [1.165, 1.54) is 11.3 Å². The van der Waals surface area contributed by atoms with Crippen molar-refractivity contribution in [1.29, 1.82) is 5.41 Å². The maximum absolute atomic E-state index is 10.4. The Morgan fingerprint density at radius 2 is 1.88 bits per heavy atom. The van der Waals surface area contributed by atoms with Gasteiger partial charge in [0.05, 0.1) is 17.8 Å². The Morgan fingerprint density at radius 1 is 1.25 bits per heavy atom. The van der Waals surface area contributed by atoms with Crippen molar-refractivity contribution < 1.29 is 5.11 Å². The van der Waals surface area contributed by atoms with Crippen LogP contribution < -0.4 is 0 Å². The molecule has 4 nitrogen and oxygen atoms in total. The van der Waals surface area contributed by atoms with Gasteiger partial charge < -0.3 is 10.0 Å². The van der Waals surface area contributed by atoms with Crippen LogP contribution in [0.1, 0.15) is 30.7 Å². The number of thiazole rings is 1. The second-order valence-electron chi connectivity index (χ2n) is 6.86. The molecule has 0 saturated heterocycles. The van der Waals surface area contributed by atoms with Gasteiger partial charge in [-0.15, -0.1) is 11.3 Å². The van der Waals surface area contributed by atoms with Crippen molar-refractivity contribution in [2.45, 2.75) is 33.2 Å². The molecule has 0 amide bonds. The third-order valence-corrected chi connectivity index (χ3v) is 5.56. The van der Waals surface area contributed by atoms with Crippen molar-refractivity contribution in [2.24, 2.45) is 0 Å². The third kappa shape index (κ3) is 3.00. The number of rotatable bonds is 2. The van der Waals surface area contributed by atoms with Crippen LogP contribution in [0.4, 0.5) is 0 Å². The van der Waals surface area contributed by atoms with E-state index < -0.39 is 0 Å². The van der Waals surface area contributed by atoms with Crippen molar-refractivity contribution >= 4 is 38.7 Å². The predicted molar refractivity (Wildman–Crippen MR) is 104 cm³/mol. The Balaban J connectivity index is 2.00. The molecule has 0 bridgehead atoms. The lowest BCUT2D eigenvalue weighted by Crippen LogP contribution is -2.43. The molecule has 2 aromatic rings. The number of aromatic nitrogens is 1. The number of nitrogens with zero attached hydrogens (tertiary/aromatic N) is 2. The summed E-state index contributed by atoms with van der Waals surface area (Å²) in [6.45, 7) is 8.51. The quantitative estimate of drug-likeness (QED) is 0.717. The van der Waals surface area contributed by atoms with E-state index in [1.54, 1.807) is 0 Å². The summed E-state index contributed by atoms with van der Waals surface area (Å²) in [6.07, 6.45) is 0. The van der Waals surface area contributed by atoms with E-state index in [-0.39, 0.29) is 11.3 Å². The molecule has 0 unspecified atom stereocenters. The minimum atomic E-state index is -0.215. The minimum absolute atomic E-state index is 0.215. The summed E-state index contributed by atoms with van der Waals surface area (Å²) in [5.74, 6) is 0.571. The number of aliphatic hydroxyl groups is 1. The fraction of sp³-hybridized carbons (Fsp3) is 0.333. The number of hydrogen-bond donors (Lipinski definition) is 2. The second-order valence-corrected chi connectivity index (χ2v) is 8.98. The van der Waals surface area contributed by atoms with E-state index in [9.17, 15) is 5.11 Å². The first kappa shape index (κ1) is 17.2. The molecule has 0 aliphatic carbocycles. The smallest absolute Gasteiger partial charge is 0.135 e. The lowest BCUT2D eigenvalue weighted by atomic mass is 10.1. The highest BCUT2D eigenvalue weighted by molar-refractivity contribution is 9.10. The standard InChI is InChI=1S/C18H20BrN3OS/c1-10-15(11-5-7-12(19)8-6-11)21-17(24-10)14-13(23)9-22(16(14)20)18(2,3)4/h5-8,20,23H,9H2,1-4H3. The first-order chi connectivity index (χ1) is 11.2. The molecule has 3 rings (SSSR count). The molecule has 24 heavy (non-hydrogen) atoms. The SMILES string of the molecule is Cc1sc(C2=C(O)CN(C(C)(C)C)C2=N)nc1-c1ccc(Br)cc1. The monoisotopic (exact) mass is 405 g/mol. The topological polar surface area (TPSA) is 60.2 Å². The van der Waals surface area contributed by atoms with Crippen LogP contribution in [-0.4, -0.2) is 32.9 Å². The number of amidine groups is 1. The van der Waals surface area contributed by atoms with Gasteiger partial charge in [-0.3, -0.25) is 5.41 Å². The molecule has 0 atom stereocenters. The summed E-state index contributed by atoms with van der Waals surface area (Å²) >= 11 is 4.97. The van der Waals surface area contributed by atoms with Crippen LogP contribution in [0.15, 0.2) is 34.5 Å². The first-order valence-corrected chi connectivity index (χ1v) is 9.32. The molecule has 6 heteroatoms. The number of halogens is 1. The largest absolute Gasteiger partial charge is 0.510 e. The van der Waals surface area contributed by atoms with Gasteiger partial charge >= 0.3 is 0 Å². The Bertz CT molecular complexity index is 831. The summed E-state index contributed by atoms with van der Waals surface area (Å²) in [6, 6.07) is 8.02. The molecule has 1 aromatic carbocycles. The minimum Gasteiger partial charge on any atom is -0.510 e. The van der Waals surface area contributed by atoms with E-state index in [1.807, 2.05) is 56.9 Å². The van der Waals surface area contributed by atoms with Crippen molar-refractivity contribution in [2.75, 3.05) is 6.54 Å². The molecule has 1 aliphatic heterocycles. The van der Waals surface area contributed by atoms with Crippen LogP contribution in [0, 0.1) is 12.3 Å². The maximum Gasteiger partial charge on any atom is 0.135 e. The molecular weight excluding hydrogens is 386 g/mol. The number of benzene rings is 1. The lowest BCUT2D eigenvalue weighted by molar-refractivity contribution is 0.235. The second kappa shape index (κ2) is 6.01. The zero-order chi connectivity index (χ0) is 17.6. The molecule has 2 N–H and O–H groups in total. The lowest BCUT2D eigenvalue weighted by Gasteiger charge is -2.33. The molecular formula is C18H20BrN3OS. The Labute approximate surface area is 154 Å². The highest BCUT2D eigenvalue weighted by atomic mass is 79.9. The highest BCUT2D eigenvalue weighted by Gasteiger charge is 2.36. The molecule has 0 spiro atoms. The molecule has 0 saturated carbocycles. The summed E-state index contributed by atoms with van der Waals surface area (Å²) in [5.41, 5.74) is 2.29. The first-order valence-electron chi connectivity index (χ1n) is 7.71. The highest BCUT2D eigenvalue weighted by Crippen LogP contribution is 2.37. The molecule has 126 valence electrons. The van der Waals surface area contributed by atoms with E-state index >= 15 is 0 Å². The maximum atomic E-state index is 10.4. The van der Waals surface area contributed by atoms with Gasteiger partial charge in [0.1, 0.15) is 16.6 Å². The Hall–Kier alpha value is -1.66. The van der Waals surface area contributed by atoms with Crippen LogP contribution in [0.2, 0.25) is 0 Å². The Morgan fingerprint density at radius 3 is 2.42 bits per heavy atom. The van der Waals surface area contributed by atoms with E-state index in [0.29, 0.717) is 23.0 Å². The Kier molecular flexibility index (Phi) is 4.30. The summed E-state index contributed by atoms with van der Waals surface area (Å²) in [4.78, 5) is 7.70. The fourth-order valence-electron chi connectivity index (χ4n) is 2.76. The van der Waals surface area contributed by atoms with Gasteiger partial charge in [0.15, 0.2) is 0 Å². The van der Waals surface area contributed by atoms with Crippen LogP contribution in [0.25, 0.3) is 16.8 Å². The fourth-order valence-corrected chi connectivity index (χ4v) is 4.02. The summed E-state index contributed by atoms with van der Waals surface area (Å²) < 4.78 is 1.03. The normalized spacial score (nSPS) is 15.5. The third-order valence-electron chi connectivity index (χ3n) is 4.04. The number of nitrogens with one attached hydrogen (secondary N) is 1. The van der Waals surface area contributed by atoms with E-state index in [2.05, 4.69) is 15.9 Å². The van der Waals surface area contributed by atoms with Crippen LogP contribution in [-0.2, 0) is 0 Å². The van der Waals surface area contributed by atoms with Crippen LogP contribution in [0.3, 0.4) is 0 Å². The van der Waals surface area contributed by atoms with Crippen molar-refractivity contribution in [3.8, 4) is 11.3 Å². The summed E-state index contributed by atoms with van der Waals surface area (Å²) in [5, 5.41) is 19.6. The van der Waals surface area contributed by atoms with Gasteiger partial charge in [0, 0.05) is 20.5 Å². The van der Waals surface area contributed by atoms with Crippen molar-refractivity contribution in [3.63, 3.8) is 0 Å². The molecule has 1 aromatic heterocycles. The van der Waals surface area contributed by atoms with Crippen molar-refractivity contribution in [3.05, 3.63) is 44.4 Å². The predicted octanol–water partition coefficient (Wildman–Crippen LogP) is 5.24. The zero-order valence-corrected chi connectivity index (χ0v) is 16.5. The van der Waals surface area contributed by atoms with Crippen molar-refractivity contribution in [1.82, 2.24) is 9.88 Å². The summed E-state index contributed by atoms with van der Waals surface area (Å²) in [7, 11) is 0. The van der Waals surface area contributed by atoms with Gasteiger partial charge in [-0.25, -0.2) is 4.98 Å². The average molecular weight is 406 g/mol. The molecule has 0 fully saturated rings. The van der Waals surface area contributed by atoms with E-state index in [4.69, 9.17) is 10.4 Å². The number of aryl methyl sites for hydroxylation is 1. The molecule has 0 radical (unpaired) electrons. The van der Waals surface area contributed by atoms with Gasteiger partial charge in [-0.1, -0.05) is 28.1 Å². The van der Waals surface area contributed by atoms with Gasteiger partial charge in [0.25, 0.3) is 0 Å². The van der Waals surface area contributed by atoms with Crippen LogP contribution >= 0.6 is 27.3 Å². The molecule has 1 aliphatic rings. The van der Waals surface area contributed by atoms with Gasteiger partial charge in [-0.05, 0) is 39.8 Å². The van der Waals surface area contributed by atoms with Crippen LogP contribution in [0.5, 0.6) is 0 Å². The van der Waals surface area contributed by atoms with E-state index in [0.717, 1.165) is 20.6 Å². The number of aliphatic hydroxyl groups excluding tert-OH is 1.